The highest BCUT2D eigenvalue weighted by molar-refractivity contribution is 7.90. The summed E-state index contributed by atoms with van der Waals surface area (Å²) in [5, 5.41) is 0. The number of ether oxygens (including phenoxy) is 1. The summed E-state index contributed by atoms with van der Waals surface area (Å²) in [4.78, 5) is 21.6. The van der Waals surface area contributed by atoms with E-state index in [9.17, 15) is 13.2 Å². The Morgan fingerprint density at radius 2 is 1.72 bits per heavy atom. The van der Waals surface area contributed by atoms with Crippen molar-refractivity contribution in [3.8, 4) is 11.3 Å². The average Bonchev–Trinajstić information content (AvgIpc) is 2.89. The number of benzene rings is 2. The van der Waals surface area contributed by atoms with Crippen LogP contribution in [0.15, 0.2) is 77.8 Å². The number of amides is 1. The second-order valence-corrected chi connectivity index (χ2v) is 11.4. The van der Waals surface area contributed by atoms with Crippen molar-refractivity contribution in [3.63, 3.8) is 0 Å². The van der Waals surface area contributed by atoms with Crippen molar-refractivity contribution in [3.05, 3.63) is 84.1 Å². The van der Waals surface area contributed by atoms with Crippen LogP contribution >= 0.6 is 0 Å². The summed E-state index contributed by atoms with van der Waals surface area (Å²) in [6.07, 6.45) is 4.33. The molecule has 0 bridgehead atoms. The lowest BCUT2D eigenvalue weighted by Crippen LogP contribution is -2.45. The number of hydrogen-bond acceptors (Lipinski definition) is 6. The van der Waals surface area contributed by atoms with Crippen molar-refractivity contribution < 1.29 is 17.9 Å². The molecule has 0 saturated carbocycles. The number of sulfone groups is 1. The van der Waals surface area contributed by atoms with Gasteiger partial charge in [-0.1, -0.05) is 48.5 Å². The summed E-state index contributed by atoms with van der Waals surface area (Å²) in [5.74, 6) is 0. The lowest BCUT2D eigenvalue weighted by molar-refractivity contribution is 0.0521. The fraction of sp³-hybridized carbons (Fsp3) is 0.357. The molecule has 1 aliphatic heterocycles. The van der Waals surface area contributed by atoms with Gasteiger partial charge in [0.2, 0.25) is 0 Å². The maximum Gasteiger partial charge on any atom is 0.410 e. The number of likely N-dealkylation sites (tertiary alicyclic amines) is 1. The molecular formula is C28H33N3O4S. The Kier molecular flexibility index (Phi) is 8.06. The molecule has 0 N–H and O–H groups in total. The van der Waals surface area contributed by atoms with E-state index >= 15 is 0 Å². The molecule has 0 radical (unpaired) electrons. The number of rotatable bonds is 7. The summed E-state index contributed by atoms with van der Waals surface area (Å²) >= 11 is 0. The van der Waals surface area contributed by atoms with Gasteiger partial charge in [0.05, 0.1) is 10.6 Å². The van der Waals surface area contributed by atoms with Gasteiger partial charge in [-0.15, -0.1) is 0 Å². The molecule has 190 valence electrons. The highest BCUT2D eigenvalue weighted by Gasteiger charge is 2.27. The zero-order chi connectivity index (χ0) is 25.7. The monoisotopic (exact) mass is 507 g/mol. The third kappa shape index (κ3) is 6.50. The Morgan fingerprint density at radius 3 is 2.31 bits per heavy atom. The van der Waals surface area contributed by atoms with E-state index in [4.69, 9.17) is 4.74 Å². The minimum Gasteiger partial charge on any atom is -0.442 e. The van der Waals surface area contributed by atoms with Gasteiger partial charge >= 0.3 is 6.09 Å². The van der Waals surface area contributed by atoms with Crippen LogP contribution in [-0.4, -0.2) is 61.7 Å². The molecule has 8 heteroatoms. The van der Waals surface area contributed by atoms with Crippen LogP contribution < -0.4 is 0 Å². The molecule has 4 rings (SSSR count). The smallest absolute Gasteiger partial charge is 0.410 e. The Bertz CT molecular complexity index is 1250. The van der Waals surface area contributed by atoms with Crippen LogP contribution in [-0.2, 0) is 21.1 Å². The zero-order valence-electron chi connectivity index (χ0n) is 21.0. The number of carbonyl (C=O) groups excluding carboxylic acids is 1. The normalized spacial score (nSPS) is 15.6. The van der Waals surface area contributed by atoms with Crippen LogP contribution in [0.25, 0.3) is 11.3 Å². The maximum absolute atomic E-state index is 12.6. The Hall–Kier alpha value is -3.23. The van der Waals surface area contributed by atoms with Gasteiger partial charge in [-0.2, -0.15) is 0 Å². The molecular weight excluding hydrogens is 474 g/mol. The van der Waals surface area contributed by atoms with Crippen molar-refractivity contribution in [2.75, 3.05) is 26.4 Å². The molecule has 2 heterocycles. The number of pyridine rings is 1. The third-order valence-electron chi connectivity index (χ3n) is 6.73. The van der Waals surface area contributed by atoms with Crippen LogP contribution in [0.5, 0.6) is 0 Å². The molecule has 3 aromatic rings. The molecule has 0 aliphatic carbocycles. The fourth-order valence-electron chi connectivity index (χ4n) is 4.49. The third-order valence-corrected chi connectivity index (χ3v) is 7.86. The second kappa shape index (κ2) is 11.2. The van der Waals surface area contributed by atoms with E-state index < -0.39 is 9.84 Å². The fourth-order valence-corrected chi connectivity index (χ4v) is 5.12. The lowest BCUT2D eigenvalue weighted by Gasteiger charge is -2.36. The van der Waals surface area contributed by atoms with Gasteiger partial charge < -0.3 is 9.64 Å². The van der Waals surface area contributed by atoms with Gasteiger partial charge in [-0.05, 0) is 56.1 Å². The zero-order valence-corrected chi connectivity index (χ0v) is 21.8. The van der Waals surface area contributed by atoms with Gasteiger partial charge in [-0.3, -0.25) is 9.88 Å². The predicted molar refractivity (Wildman–Crippen MR) is 140 cm³/mol. The Morgan fingerprint density at radius 1 is 1.06 bits per heavy atom. The van der Waals surface area contributed by atoms with E-state index in [0.29, 0.717) is 24.0 Å². The number of piperidine rings is 1. The molecule has 0 spiro atoms. The van der Waals surface area contributed by atoms with Crippen LogP contribution in [0.4, 0.5) is 4.79 Å². The summed E-state index contributed by atoms with van der Waals surface area (Å²) in [5.41, 5.74) is 3.78. The summed E-state index contributed by atoms with van der Waals surface area (Å²) in [7, 11) is -1.11. The molecule has 1 aromatic heterocycles. The van der Waals surface area contributed by atoms with E-state index in [-0.39, 0.29) is 12.2 Å². The molecule has 1 saturated heterocycles. The molecule has 36 heavy (non-hydrogen) atoms. The lowest BCUT2D eigenvalue weighted by atomic mass is 10.0. The van der Waals surface area contributed by atoms with Crippen LogP contribution in [0, 0.1) is 0 Å². The minimum atomic E-state index is -3.21. The molecule has 7 nitrogen and oxygen atoms in total. The first-order valence-electron chi connectivity index (χ1n) is 12.2. The van der Waals surface area contributed by atoms with Crippen molar-refractivity contribution in [1.29, 1.82) is 0 Å². The maximum atomic E-state index is 12.6. The van der Waals surface area contributed by atoms with E-state index in [1.54, 1.807) is 29.2 Å². The largest absolute Gasteiger partial charge is 0.442 e. The molecule has 0 unspecified atom stereocenters. The SMILES string of the molecule is C[C@@H](OC(=O)N1CCC(N(C)Cc2ccc(-c3ccc(S(C)(=O)=O)cc3)nc2)CC1)c1ccccc1. The molecule has 1 atom stereocenters. The van der Waals surface area contributed by atoms with Crippen molar-refractivity contribution in [2.45, 2.75) is 43.4 Å². The van der Waals surface area contributed by atoms with Gasteiger partial charge in [-0.25, -0.2) is 13.2 Å². The molecule has 2 aromatic carbocycles. The van der Waals surface area contributed by atoms with Crippen LogP contribution in [0.3, 0.4) is 0 Å². The average molecular weight is 508 g/mol. The van der Waals surface area contributed by atoms with Crippen molar-refractivity contribution in [2.24, 2.45) is 0 Å². The van der Waals surface area contributed by atoms with Crippen molar-refractivity contribution in [1.82, 2.24) is 14.8 Å². The molecule has 1 fully saturated rings. The molecule has 1 amide bonds. The number of nitrogens with zero attached hydrogens (tertiary/aromatic N) is 3. The highest BCUT2D eigenvalue weighted by Crippen LogP contribution is 2.23. The van der Waals surface area contributed by atoms with Gasteiger partial charge in [0.15, 0.2) is 9.84 Å². The first kappa shape index (κ1) is 25.9. The quantitative estimate of drug-likeness (QED) is 0.450. The number of hydrogen-bond donors (Lipinski definition) is 0. The summed E-state index contributed by atoms with van der Waals surface area (Å²) in [6.45, 7) is 4.02. The number of carbonyl (C=O) groups is 1. The molecule has 1 aliphatic rings. The van der Waals surface area contributed by atoms with Gasteiger partial charge in [0.1, 0.15) is 6.10 Å². The van der Waals surface area contributed by atoms with Gasteiger partial charge in [0, 0.05) is 43.7 Å². The van der Waals surface area contributed by atoms with Crippen LogP contribution in [0.1, 0.15) is 37.0 Å². The standard InChI is InChI=1S/C28H33N3O4S/c1-21(23-7-5-4-6-8-23)35-28(32)31-17-15-25(16-18-31)30(2)20-22-9-14-27(29-19-22)24-10-12-26(13-11-24)36(3,33)34/h4-14,19,21,25H,15-18,20H2,1-3H3/t21-/m1/s1. The van der Waals surface area contributed by atoms with E-state index in [1.165, 1.54) is 6.26 Å². The van der Waals surface area contributed by atoms with Crippen molar-refractivity contribution >= 4 is 15.9 Å². The summed E-state index contributed by atoms with van der Waals surface area (Å²) < 4.78 is 29.0. The Labute approximate surface area is 213 Å². The predicted octanol–water partition coefficient (Wildman–Crippen LogP) is 4.95. The second-order valence-electron chi connectivity index (χ2n) is 9.42. The Balaban J connectivity index is 1.27. The van der Waals surface area contributed by atoms with E-state index in [1.807, 2.05) is 49.5 Å². The number of aromatic nitrogens is 1. The first-order chi connectivity index (χ1) is 17.2. The van der Waals surface area contributed by atoms with E-state index in [0.717, 1.165) is 41.8 Å². The first-order valence-corrected chi connectivity index (χ1v) is 14.1. The minimum absolute atomic E-state index is 0.253. The highest BCUT2D eigenvalue weighted by atomic mass is 32.2. The van der Waals surface area contributed by atoms with Gasteiger partial charge in [0.25, 0.3) is 0 Å². The van der Waals surface area contributed by atoms with E-state index in [2.05, 4.69) is 23.0 Å². The summed E-state index contributed by atoms with van der Waals surface area (Å²) in [6, 6.07) is 21.0. The topological polar surface area (TPSA) is 79.8 Å². The van der Waals surface area contributed by atoms with Crippen LogP contribution in [0.2, 0.25) is 0 Å².